The van der Waals surface area contributed by atoms with E-state index in [1.165, 1.54) is 0 Å². The molecule has 1 atom stereocenters. The van der Waals surface area contributed by atoms with Gasteiger partial charge in [-0.15, -0.1) is 0 Å². The van der Waals surface area contributed by atoms with Crippen LogP contribution < -0.4 is 20.7 Å². The summed E-state index contributed by atoms with van der Waals surface area (Å²) in [6, 6.07) is 6.59. The Labute approximate surface area is 111 Å². The van der Waals surface area contributed by atoms with Gasteiger partial charge in [0.05, 0.1) is 19.6 Å². The lowest BCUT2D eigenvalue weighted by atomic mass is 10.1. The normalized spacial score (nSPS) is 18.6. The molecule has 1 aliphatic rings. The van der Waals surface area contributed by atoms with Crippen LogP contribution in [-0.4, -0.2) is 38.1 Å². The van der Waals surface area contributed by atoms with Crippen molar-refractivity contribution in [2.24, 2.45) is 0 Å². The maximum Gasteiger partial charge on any atom is 0.237 e. The first-order chi connectivity index (χ1) is 9.19. The van der Waals surface area contributed by atoms with Gasteiger partial charge < -0.3 is 20.7 Å². The van der Waals surface area contributed by atoms with E-state index in [1.54, 1.807) is 31.4 Å². The van der Waals surface area contributed by atoms with Crippen molar-refractivity contribution in [2.45, 2.75) is 12.5 Å². The number of piperazine rings is 1. The zero-order valence-corrected chi connectivity index (χ0v) is 10.7. The highest BCUT2D eigenvalue weighted by Gasteiger charge is 2.23. The van der Waals surface area contributed by atoms with Crippen LogP contribution in [0.1, 0.15) is 6.42 Å². The molecular formula is C13H17N3O3. The topological polar surface area (TPSA) is 79.5 Å². The lowest BCUT2D eigenvalue weighted by Gasteiger charge is -2.22. The smallest absolute Gasteiger partial charge is 0.237 e. The van der Waals surface area contributed by atoms with Crippen molar-refractivity contribution in [3.8, 4) is 5.75 Å². The van der Waals surface area contributed by atoms with Gasteiger partial charge in [-0.25, -0.2) is 0 Å². The second-order valence-corrected chi connectivity index (χ2v) is 4.28. The minimum Gasteiger partial charge on any atom is -0.497 e. The fourth-order valence-corrected chi connectivity index (χ4v) is 1.88. The molecule has 1 unspecified atom stereocenters. The molecule has 1 aromatic rings. The molecule has 0 bridgehead atoms. The second-order valence-electron chi connectivity index (χ2n) is 4.28. The Morgan fingerprint density at radius 1 is 1.37 bits per heavy atom. The lowest BCUT2D eigenvalue weighted by molar-refractivity contribution is -0.127. The van der Waals surface area contributed by atoms with Crippen LogP contribution in [0.5, 0.6) is 5.75 Å². The molecule has 1 aliphatic heterocycles. The average molecular weight is 263 g/mol. The van der Waals surface area contributed by atoms with Gasteiger partial charge in [0.25, 0.3) is 0 Å². The van der Waals surface area contributed by atoms with E-state index in [4.69, 9.17) is 4.74 Å². The first-order valence-electron chi connectivity index (χ1n) is 6.14. The van der Waals surface area contributed by atoms with Crippen LogP contribution in [0, 0.1) is 0 Å². The standard InChI is InChI=1S/C13H17N3O3/c1-19-10-4-2-9(3-5-10)16-12(17)8-11-13(18)15-7-6-14-11/h2-5,11,14H,6-8H2,1H3,(H,15,18)(H,16,17). The zero-order valence-electron chi connectivity index (χ0n) is 10.7. The molecule has 0 aromatic heterocycles. The third-order valence-corrected chi connectivity index (χ3v) is 2.89. The van der Waals surface area contributed by atoms with Crippen molar-refractivity contribution < 1.29 is 14.3 Å². The highest BCUT2D eigenvalue weighted by atomic mass is 16.5. The molecule has 2 amide bonds. The van der Waals surface area contributed by atoms with E-state index < -0.39 is 6.04 Å². The Balaban J connectivity index is 1.87. The van der Waals surface area contributed by atoms with E-state index in [0.717, 1.165) is 5.75 Å². The predicted octanol–water partition coefficient (Wildman–Crippen LogP) is 0.112. The molecule has 0 aliphatic carbocycles. The first kappa shape index (κ1) is 13.4. The molecule has 1 fully saturated rings. The summed E-state index contributed by atoms with van der Waals surface area (Å²) in [6.07, 6.45) is 0.123. The molecule has 6 heteroatoms. The van der Waals surface area contributed by atoms with E-state index in [9.17, 15) is 9.59 Å². The molecule has 0 spiro atoms. The van der Waals surface area contributed by atoms with Crippen molar-refractivity contribution in [1.29, 1.82) is 0 Å². The summed E-state index contributed by atoms with van der Waals surface area (Å²) in [5.41, 5.74) is 0.682. The van der Waals surface area contributed by atoms with E-state index in [2.05, 4.69) is 16.0 Å². The van der Waals surface area contributed by atoms with Crippen LogP contribution in [0.4, 0.5) is 5.69 Å². The number of ether oxygens (including phenoxy) is 1. The Morgan fingerprint density at radius 3 is 2.74 bits per heavy atom. The zero-order chi connectivity index (χ0) is 13.7. The van der Waals surface area contributed by atoms with Gasteiger partial charge in [0, 0.05) is 18.8 Å². The number of rotatable bonds is 4. The third kappa shape index (κ3) is 3.69. The van der Waals surface area contributed by atoms with Crippen LogP contribution in [0.25, 0.3) is 0 Å². The third-order valence-electron chi connectivity index (χ3n) is 2.89. The molecule has 3 N–H and O–H groups in total. The summed E-state index contributed by atoms with van der Waals surface area (Å²) in [6.45, 7) is 1.29. The molecule has 19 heavy (non-hydrogen) atoms. The molecule has 0 saturated carbocycles. The van der Waals surface area contributed by atoms with E-state index >= 15 is 0 Å². The minimum absolute atomic E-state index is 0.123. The van der Waals surface area contributed by atoms with Crippen LogP contribution in [0.3, 0.4) is 0 Å². The molecule has 2 rings (SSSR count). The van der Waals surface area contributed by atoms with Gasteiger partial charge in [0.2, 0.25) is 11.8 Å². The summed E-state index contributed by atoms with van der Waals surface area (Å²) in [7, 11) is 1.58. The number of anilines is 1. The highest BCUT2D eigenvalue weighted by Crippen LogP contribution is 2.15. The van der Waals surface area contributed by atoms with Gasteiger partial charge in [0.1, 0.15) is 5.75 Å². The molecule has 6 nitrogen and oxygen atoms in total. The number of amides is 2. The summed E-state index contributed by atoms with van der Waals surface area (Å²) in [5.74, 6) is 0.405. The molecular weight excluding hydrogens is 246 g/mol. The molecule has 1 aromatic carbocycles. The van der Waals surface area contributed by atoms with Gasteiger partial charge >= 0.3 is 0 Å². The molecule has 1 heterocycles. The molecule has 0 radical (unpaired) electrons. The maximum absolute atomic E-state index is 11.8. The number of hydrogen-bond acceptors (Lipinski definition) is 4. The number of benzene rings is 1. The first-order valence-corrected chi connectivity index (χ1v) is 6.14. The number of carbonyl (C=O) groups excluding carboxylic acids is 2. The van der Waals surface area contributed by atoms with Crippen LogP contribution in [0.15, 0.2) is 24.3 Å². The van der Waals surface area contributed by atoms with Crippen molar-refractivity contribution in [2.75, 3.05) is 25.5 Å². The van der Waals surface area contributed by atoms with Crippen molar-refractivity contribution in [3.63, 3.8) is 0 Å². The fourth-order valence-electron chi connectivity index (χ4n) is 1.88. The SMILES string of the molecule is COc1ccc(NC(=O)CC2NCCNC2=O)cc1. The van der Waals surface area contributed by atoms with Crippen molar-refractivity contribution >= 4 is 17.5 Å². The number of methoxy groups -OCH3 is 1. The van der Waals surface area contributed by atoms with E-state index in [-0.39, 0.29) is 18.2 Å². The summed E-state index contributed by atoms with van der Waals surface area (Å²) >= 11 is 0. The average Bonchev–Trinajstić information content (AvgIpc) is 2.42. The van der Waals surface area contributed by atoms with Gasteiger partial charge in [-0.2, -0.15) is 0 Å². The second kappa shape index (κ2) is 6.19. The van der Waals surface area contributed by atoms with Gasteiger partial charge in [-0.3, -0.25) is 9.59 Å². The van der Waals surface area contributed by atoms with Crippen molar-refractivity contribution in [3.05, 3.63) is 24.3 Å². The monoisotopic (exact) mass is 263 g/mol. The molecule has 102 valence electrons. The maximum atomic E-state index is 11.8. The number of nitrogens with one attached hydrogen (secondary N) is 3. The van der Waals surface area contributed by atoms with Crippen LogP contribution in [0.2, 0.25) is 0 Å². The Hall–Kier alpha value is -2.08. The number of hydrogen-bond donors (Lipinski definition) is 3. The summed E-state index contributed by atoms with van der Waals surface area (Å²) in [4.78, 5) is 23.3. The van der Waals surface area contributed by atoms with Gasteiger partial charge in [-0.05, 0) is 24.3 Å². The predicted molar refractivity (Wildman–Crippen MR) is 71.0 cm³/mol. The minimum atomic E-state index is -0.452. The summed E-state index contributed by atoms with van der Waals surface area (Å²) in [5, 5.41) is 8.48. The summed E-state index contributed by atoms with van der Waals surface area (Å²) < 4.78 is 5.03. The van der Waals surface area contributed by atoms with E-state index in [1.807, 2.05) is 0 Å². The quantitative estimate of drug-likeness (QED) is 0.720. The van der Waals surface area contributed by atoms with E-state index in [0.29, 0.717) is 18.8 Å². The Morgan fingerprint density at radius 2 is 2.11 bits per heavy atom. The largest absolute Gasteiger partial charge is 0.497 e. The van der Waals surface area contributed by atoms with Crippen LogP contribution >= 0.6 is 0 Å². The fraction of sp³-hybridized carbons (Fsp3) is 0.385. The molecule has 1 saturated heterocycles. The van der Waals surface area contributed by atoms with Crippen LogP contribution in [-0.2, 0) is 9.59 Å². The number of carbonyl (C=O) groups is 2. The van der Waals surface area contributed by atoms with Gasteiger partial charge in [-0.1, -0.05) is 0 Å². The van der Waals surface area contributed by atoms with Gasteiger partial charge in [0.15, 0.2) is 0 Å². The highest BCUT2D eigenvalue weighted by molar-refractivity contribution is 5.95. The lowest BCUT2D eigenvalue weighted by Crippen LogP contribution is -2.53. The van der Waals surface area contributed by atoms with Crippen molar-refractivity contribution in [1.82, 2.24) is 10.6 Å². The Bertz CT molecular complexity index is 459. The Kier molecular flexibility index (Phi) is 4.35.